The zero-order chi connectivity index (χ0) is 18.4. The fourth-order valence-corrected chi connectivity index (χ4v) is 3.13. The van der Waals surface area contributed by atoms with Gasteiger partial charge in [0, 0.05) is 37.9 Å². The Labute approximate surface area is 144 Å². The first-order valence-electron chi connectivity index (χ1n) is 8.38. The van der Waals surface area contributed by atoms with Gasteiger partial charge in [0.2, 0.25) is 5.91 Å². The molecule has 1 amide bonds. The Kier molecular flexibility index (Phi) is 6.61. The predicted octanol–water partition coefficient (Wildman–Crippen LogP) is 3.17. The first kappa shape index (κ1) is 19.0. The second kappa shape index (κ2) is 8.69. The molecule has 25 heavy (non-hydrogen) atoms. The van der Waals surface area contributed by atoms with Gasteiger partial charge in [-0.1, -0.05) is 0 Å². The highest BCUT2D eigenvalue weighted by molar-refractivity contribution is 5.98. The van der Waals surface area contributed by atoms with Crippen LogP contribution in [0.4, 0.5) is 8.78 Å². The quantitative estimate of drug-likeness (QED) is 0.764. The third-order valence-electron chi connectivity index (χ3n) is 4.44. The molecular weight excluding hydrogens is 332 g/mol. The van der Waals surface area contributed by atoms with Crippen LogP contribution < -0.4 is 0 Å². The van der Waals surface area contributed by atoms with Crippen molar-refractivity contribution in [3.05, 3.63) is 35.4 Å². The van der Waals surface area contributed by atoms with E-state index in [1.807, 2.05) is 0 Å². The molecule has 5 nitrogen and oxygen atoms in total. The normalized spacial score (nSPS) is 17.4. The number of carbonyl (C=O) groups excluding carboxylic acids is 2. The summed E-state index contributed by atoms with van der Waals surface area (Å²) in [5.41, 5.74) is -0.227. The molecule has 0 saturated carbocycles. The van der Waals surface area contributed by atoms with Crippen LogP contribution in [0.1, 0.15) is 55.3 Å². The van der Waals surface area contributed by atoms with Gasteiger partial charge in [-0.3, -0.25) is 14.4 Å². The van der Waals surface area contributed by atoms with Crippen LogP contribution in [0.3, 0.4) is 0 Å². The average molecular weight is 353 g/mol. The van der Waals surface area contributed by atoms with Gasteiger partial charge in [-0.25, -0.2) is 8.78 Å². The first-order chi connectivity index (χ1) is 11.9. The Hall–Kier alpha value is -2.31. The molecule has 1 aromatic rings. The number of carbonyl (C=O) groups is 3. The van der Waals surface area contributed by atoms with Crippen LogP contribution in [0.5, 0.6) is 0 Å². The summed E-state index contributed by atoms with van der Waals surface area (Å²) in [6, 6.07) is 2.59. The zero-order valence-corrected chi connectivity index (χ0v) is 13.8. The van der Waals surface area contributed by atoms with Crippen molar-refractivity contribution < 1.29 is 28.3 Å². The molecule has 7 heteroatoms. The molecule has 1 N–H and O–H groups in total. The molecule has 136 valence electrons. The van der Waals surface area contributed by atoms with E-state index in [9.17, 15) is 23.2 Å². The van der Waals surface area contributed by atoms with Crippen LogP contribution in [0.25, 0.3) is 0 Å². The summed E-state index contributed by atoms with van der Waals surface area (Å²) < 4.78 is 26.5. The highest BCUT2D eigenvalue weighted by Gasteiger charge is 2.27. The summed E-state index contributed by atoms with van der Waals surface area (Å²) in [5.74, 6) is -3.38. The van der Waals surface area contributed by atoms with Crippen molar-refractivity contribution in [3.63, 3.8) is 0 Å². The third kappa shape index (κ3) is 5.34. The Morgan fingerprint density at radius 1 is 1.12 bits per heavy atom. The Bertz CT molecular complexity index is 662. The van der Waals surface area contributed by atoms with Crippen molar-refractivity contribution >= 4 is 17.7 Å². The first-order valence-corrected chi connectivity index (χ1v) is 8.38. The summed E-state index contributed by atoms with van der Waals surface area (Å²) in [7, 11) is 0. The summed E-state index contributed by atoms with van der Waals surface area (Å²) >= 11 is 0. The molecule has 1 heterocycles. The van der Waals surface area contributed by atoms with E-state index in [-0.39, 0.29) is 36.8 Å². The van der Waals surface area contributed by atoms with Gasteiger partial charge >= 0.3 is 5.97 Å². The summed E-state index contributed by atoms with van der Waals surface area (Å²) in [5, 5.41) is 8.81. The number of nitrogens with zero attached hydrogens (tertiary/aromatic N) is 1. The van der Waals surface area contributed by atoms with E-state index in [4.69, 9.17) is 5.11 Å². The minimum atomic E-state index is -0.935. The fraction of sp³-hybridized carbons (Fsp3) is 0.500. The Morgan fingerprint density at radius 3 is 2.56 bits per heavy atom. The second-order valence-corrected chi connectivity index (χ2v) is 6.22. The number of ketones is 1. The van der Waals surface area contributed by atoms with Crippen LogP contribution in [-0.2, 0) is 9.59 Å². The van der Waals surface area contributed by atoms with Crippen molar-refractivity contribution in [1.82, 2.24) is 4.90 Å². The largest absolute Gasteiger partial charge is 0.481 e. The number of likely N-dealkylation sites (tertiary alicyclic amines) is 1. The van der Waals surface area contributed by atoms with Gasteiger partial charge in [0.25, 0.3) is 0 Å². The lowest BCUT2D eigenvalue weighted by Gasteiger charge is -2.35. The highest BCUT2D eigenvalue weighted by atomic mass is 19.1. The van der Waals surface area contributed by atoms with Gasteiger partial charge in [0.05, 0.1) is 5.56 Å². The summed E-state index contributed by atoms with van der Waals surface area (Å²) in [6.07, 6.45) is 2.68. The number of aliphatic carboxylic acids is 1. The monoisotopic (exact) mass is 353 g/mol. The highest BCUT2D eigenvalue weighted by Crippen LogP contribution is 2.22. The second-order valence-electron chi connectivity index (χ2n) is 6.22. The predicted molar refractivity (Wildman–Crippen MR) is 86.1 cm³/mol. The van der Waals surface area contributed by atoms with Crippen molar-refractivity contribution in [1.29, 1.82) is 0 Å². The lowest BCUT2D eigenvalue weighted by atomic mass is 9.97. The fourth-order valence-electron chi connectivity index (χ4n) is 3.13. The van der Waals surface area contributed by atoms with Gasteiger partial charge in [-0.15, -0.1) is 0 Å². The number of benzene rings is 1. The molecule has 1 aromatic carbocycles. The number of halogens is 2. The molecular formula is C18H21F2NO4. The average Bonchev–Trinajstić information content (AvgIpc) is 2.57. The molecule has 2 rings (SSSR count). The Morgan fingerprint density at radius 2 is 1.88 bits per heavy atom. The number of hydrogen-bond acceptors (Lipinski definition) is 3. The maximum absolute atomic E-state index is 13.6. The van der Waals surface area contributed by atoms with Crippen molar-refractivity contribution in [2.45, 2.75) is 51.0 Å². The molecule has 0 spiro atoms. The van der Waals surface area contributed by atoms with E-state index in [0.717, 1.165) is 31.4 Å². The minimum Gasteiger partial charge on any atom is -0.481 e. The van der Waals surface area contributed by atoms with E-state index in [2.05, 4.69) is 0 Å². The summed E-state index contributed by atoms with van der Waals surface area (Å²) in [6.45, 7) is 0.544. The van der Waals surface area contributed by atoms with E-state index >= 15 is 0 Å². The van der Waals surface area contributed by atoms with E-state index in [1.165, 1.54) is 0 Å². The summed E-state index contributed by atoms with van der Waals surface area (Å²) in [4.78, 5) is 36.8. The SMILES string of the molecule is O=C(O)CCC1CCCCN1C(=O)CCC(=O)c1ccc(F)cc1F. The van der Waals surface area contributed by atoms with Gasteiger partial charge in [0.1, 0.15) is 11.6 Å². The number of Topliss-reactive ketones (excluding diaryl/α,β-unsaturated/α-hetero) is 1. The maximum atomic E-state index is 13.6. The zero-order valence-electron chi connectivity index (χ0n) is 13.8. The number of rotatable bonds is 7. The van der Waals surface area contributed by atoms with Gasteiger partial charge < -0.3 is 10.0 Å². The number of hydrogen-bond donors (Lipinski definition) is 1. The van der Waals surface area contributed by atoms with Crippen molar-refractivity contribution in [2.75, 3.05) is 6.54 Å². The van der Waals surface area contributed by atoms with Crippen LogP contribution in [-0.4, -0.2) is 40.3 Å². The molecule has 1 atom stereocenters. The number of carboxylic acids is 1. The molecule has 1 fully saturated rings. The molecule has 0 aliphatic carbocycles. The lowest BCUT2D eigenvalue weighted by molar-refractivity contribution is -0.140. The van der Waals surface area contributed by atoms with Crippen LogP contribution in [0.15, 0.2) is 18.2 Å². The molecule has 1 saturated heterocycles. The molecule has 0 bridgehead atoms. The van der Waals surface area contributed by atoms with Gasteiger partial charge in [-0.05, 0) is 37.8 Å². The topological polar surface area (TPSA) is 74.7 Å². The molecule has 1 aliphatic heterocycles. The molecule has 1 aliphatic rings. The Balaban J connectivity index is 1.93. The van der Waals surface area contributed by atoms with Crippen molar-refractivity contribution in [2.24, 2.45) is 0 Å². The van der Waals surface area contributed by atoms with Gasteiger partial charge in [0.15, 0.2) is 5.78 Å². The number of amides is 1. The lowest BCUT2D eigenvalue weighted by Crippen LogP contribution is -2.44. The number of piperidine rings is 1. The van der Waals surface area contributed by atoms with E-state index < -0.39 is 23.4 Å². The number of carboxylic acid groups (broad SMARTS) is 1. The standard InChI is InChI=1S/C18H21F2NO4/c19-12-4-6-14(15(20)11-12)16(22)7-8-17(23)21-10-2-1-3-13(21)5-9-18(24)25/h4,6,11,13H,1-3,5,7-10H2,(H,24,25). The molecule has 1 unspecified atom stereocenters. The van der Waals surface area contributed by atoms with Crippen LogP contribution in [0.2, 0.25) is 0 Å². The molecule has 0 aromatic heterocycles. The third-order valence-corrected chi connectivity index (χ3v) is 4.44. The van der Waals surface area contributed by atoms with Crippen LogP contribution in [0, 0.1) is 11.6 Å². The van der Waals surface area contributed by atoms with Crippen LogP contribution >= 0.6 is 0 Å². The minimum absolute atomic E-state index is 0.00579. The molecule has 0 radical (unpaired) electrons. The van der Waals surface area contributed by atoms with E-state index in [1.54, 1.807) is 4.90 Å². The van der Waals surface area contributed by atoms with E-state index in [0.29, 0.717) is 19.0 Å². The smallest absolute Gasteiger partial charge is 0.303 e. The van der Waals surface area contributed by atoms with Crippen molar-refractivity contribution in [3.8, 4) is 0 Å². The van der Waals surface area contributed by atoms with Gasteiger partial charge in [-0.2, -0.15) is 0 Å². The maximum Gasteiger partial charge on any atom is 0.303 e.